The maximum absolute atomic E-state index is 12.6. The first-order valence-corrected chi connectivity index (χ1v) is 8.39. The van der Waals surface area contributed by atoms with Gasteiger partial charge in [-0.15, -0.1) is 0 Å². The molecule has 2 amide bonds. The highest BCUT2D eigenvalue weighted by Crippen LogP contribution is 2.36. The quantitative estimate of drug-likeness (QED) is 0.684. The lowest BCUT2D eigenvalue weighted by Gasteiger charge is -2.29. The predicted molar refractivity (Wildman–Crippen MR) is 101 cm³/mol. The summed E-state index contributed by atoms with van der Waals surface area (Å²) in [6.45, 7) is 0. The van der Waals surface area contributed by atoms with Crippen molar-refractivity contribution in [2.45, 2.75) is 6.04 Å². The number of nitrogens with one attached hydrogen (secondary N) is 2. The number of phenols is 1. The van der Waals surface area contributed by atoms with Crippen LogP contribution in [0.3, 0.4) is 0 Å². The minimum atomic E-state index is -0.824. The molecule has 1 aliphatic rings. The van der Waals surface area contributed by atoms with E-state index in [0.29, 0.717) is 22.6 Å². The Morgan fingerprint density at radius 3 is 2.32 bits per heavy atom. The largest absolute Gasteiger partial charge is 0.504 e. The molecule has 1 aliphatic heterocycles. The molecule has 2 aromatic carbocycles. The first-order valence-electron chi connectivity index (χ1n) is 8.39. The molecular weight excluding hydrogens is 364 g/mol. The van der Waals surface area contributed by atoms with Crippen LogP contribution in [0.25, 0.3) is 5.70 Å². The summed E-state index contributed by atoms with van der Waals surface area (Å²) in [5.41, 5.74) is 1.63. The van der Waals surface area contributed by atoms with Crippen molar-refractivity contribution >= 4 is 17.7 Å². The summed E-state index contributed by atoms with van der Waals surface area (Å²) >= 11 is 0. The highest BCUT2D eigenvalue weighted by Gasteiger charge is 2.34. The zero-order valence-electron chi connectivity index (χ0n) is 15.6. The Hall–Kier alpha value is -3.68. The molecule has 0 saturated heterocycles. The number of aromatic hydroxyl groups is 1. The van der Waals surface area contributed by atoms with Gasteiger partial charge in [0.15, 0.2) is 11.5 Å². The number of phenolic OH excluding ortho intramolecular Hbond substituents is 1. The average Bonchev–Trinajstić information content (AvgIpc) is 2.72. The molecule has 0 saturated carbocycles. The molecule has 1 heterocycles. The van der Waals surface area contributed by atoms with E-state index in [0.717, 1.165) is 0 Å². The van der Waals surface area contributed by atoms with Gasteiger partial charge in [0.1, 0.15) is 5.75 Å². The second kappa shape index (κ2) is 7.91. The van der Waals surface area contributed by atoms with Gasteiger partial charge in [-0.05, 0) is 47.5 Å². The monoisotopic (exact) mass is 384 g/mol. The topological polar surface area (TPSA) is 106 Å². The highest BCUT2D eigenvalue weighted by molar-refractivity contribution is 6.04. The zero-order valence-corrected chi connectivity index (χ0v) is 15.6. The van der Waals surface area contributed by atoms with Gasteiger partial charge >= 0.3 is 12.0 Å². The van der Waals surface area contributed by atoms with Crippen LogP contribution in [0.5, 0.6) is 17.2 Å². The standard InChI is InChI=1S/C20H20N2O6/c1-26-13-7-4-11(5-8-13)17-16(19(24)28-3)18(22-20(25)21-17)12-6-9-15(27-2)14(23)10-12/h4-10,18,23H,1-3H3,(H2,21,22,25). The first kappa shape index (κ1) is 19.1. The summed E-state index contributed by atoms with van der Waals surface area (Å²) in [5, 5.41) is 15.5. The maximum atomic E-state index is 12.6. The van der Waals surface area contributed by atoms with E-state index < -0.39 is 18.0 Å². The lowest BCUT2D eigenvalue weighted by Crippen LogP contribution is -2.45. The van der Waals surface area contributed by atoms with E-state index in [1.54, 1.807) is 43.5 Å². The average molecular weight is 384 g/mol. The molecule has 146 valence electrons. The normalized spacial score (nSPS) is 16.1. The van der Waals surface area contributed by atoms with Crippen molar-refractivity contribution in [1.82, 2.24) is 10.6 Å². The number of benzene rings is 2. The molecule has 3 rings (SSSR count). The number of hydrogen-bond acceptors (Lipinski definition) is 6. The Bertz CT molecular complexity index is 936. The lowest BCUT2D eigenvalue weighted by molar-refractivity contribution is -0.136. The molecule has 0 fully saturated rings. The Morgan fingerprint density at radius 2 is 1.75 bits per heavy atom. The SMILES string of the molecule is COC(=O)C1=C(c2ccc(OC)cc2)NC(=O)NC1c1ccc(OC)c(O)c1. The zero-order chi connectivity index (χ0) is 20.3. The van der Waals surface area contributed by atoms with Crippen LogP contribution in [0.15, 0.2) is 48.0 Å². The van der Waals surface area contributed by atoms with Gasteiger partial charge in [-0.25, -0.2) is 9.59 Å². The second-order valence-corrected chi connectivity index (χ2v) is 5.97. The molecule has 0 spiro atoms. The van der Waals surface area contributed by atoms with Gasteiger partial charge < -0.3 is 30.0 Å². The molecule has 1 unspecified atom stereocenters. The van der Waals surface area contributed by atoms with Crippen molar-refractivity contribution < 1.29 is 28.9 Å². The molecule has 0 bridgehead atoms. The molecule has 1 atom stereocenters. The van der Waals surface area contributed by atoms with Gasteiger partial charge in [-0.2, -0.15) is 0 Å². The molecular formula is C20H20N2O6. The number of esters is 1. The van der Waals surface area contributed by atoms with Gasteiger partial charge in [0.25, 0.3) is 0 Å². The van der Waals surface area contributed by atoms with E-state index in [-0.39, 0.29) is 17.1 Å². The van der Waals surface area contributed by atoms with Crippen molar-refractivity contribution in [2.75, 3.05) is 21.3 Å². The van der Waals surface area contributed by atoms with Crippen molar-refractivity contribution in [3.63, 3.8) is 0 Å². The van der Waals surface area contributed by atoms with Crippen LogP contribution in [-0.4, -0.2) is 38.4 Å². The molecule has 3 N–H and O–H groups in total. The number of ether oxygens (including phenoxy) is 3. The lowest BCUT2D eigenvalue weighted by atomic mass is 9.92. The van der Waals surface area contributed by atoms with Gasteiger partial charge in [-0.3, -0.25) is 0 Å². The van der Waals surface area contributed by atoms with Crippen molar-refractivity contribution in [2.24, 2.45) is 0 Å². The van der Waals surface area contributed by atoms with Crippen LogP contribution in [0.2, 0.25) is 0 Å². The number of urea groups is 1. The molecule has 8 heteroatoms. The summed E-state index contributed by atoms with van der Waals surface area (Å²) in [6.07, 6.45) is 0. The minimum absolute atomic E-state index is 0.108. The fraction of sp³-hybridized carbons (Fsp3) is 0.200. The molecule has 28 heavy (non-hydrogen) atoms. The van der Waals surface area contributed by atoms with Crippen LogP contribution >= 0.6 is 0 Å². The van der Waals surface area contributed by atoms with E-state index in [1.807, 2.05) is 0 Å². The Balaban J connectivity index is 2.15. The van der Waals surface area contributed by atoms with E-state index in [9.17, 15) is 14.7 Å². The van der Waals surface area contributed by atoms with Crippen LogP contribution in [0, 0.1) is 0 Å². The van der Waals surface area contributed by atoms with E-state index in [2.05, 4.69) is 10.6 Å². The third-order valence-electron chi connectivity index (χ3n) is 4.39. The van der Waals surface area contributed by atoms with Crippen LogP contribution in [-0.2, 0) is 9.53 Å². The summed E-state index contributed by atoms with van der Waals surface area (Å²) in [6, 6.07) is 10.2. The van der Waals surface area contributed by atoms with E-state index >= 15 is 0 Å². The summed E-state index contributed by atoms with van der Waals surface area (Å²) in [7, 11) is 4.25. The third-order valence-corrected chi connectivity index (χ3v) is 4.39. The van der Waals surface area contributed by atoms with E-state index in [1.165, 1.54) is 20.3 Å². The van der Waals surface area contributed by atoms with Crippen molar-refractivity contribution in [3.05, 3.63) is 59.2 Å². The van der Waals surface area contributed by atoms with Gasteiger partial charge in [0.2, 0.25) is 0 Å². The second-order valence-electron chi connectivity index (χ2n) is 5.97. The molecule has 8 nitrogen and oxygen atoms in total. The number of carbonyl (C=O) groups is 2. The maximum Gasteiger partial charge on any atom is 0.338 e. The van der Waals surface area contributed by atoms with Crippen LogP contribution in [0.1, 0.15) is 17.2 Å². The Labute approximate surface area is 161 Å². The number of rotatable bonds is 5. The van der Waals surface area contributed by atoms with Crippen LogP contribution in [0.4, 0.5) is 4.79 Å². The number of carbonyl (C=O) groups excluding carboxylic acids is 2. The highest BCUT2D eigenvalue weighted by atomic mass is 16.5. The Kier molecular flexibility index (Phi) is 5.39. The predicted octanol–water partition coefficient (Wildman–Crippen LogP) is 2.35. The number of amides is 2. The first-order chi connectivity index (χ1) is 13.5. The summed E-state index contributed by atoms with van der Waals surface area (Å²) in [4.78, 5) is 24.9. The minimum Gasteiger partial charge on any atom is -0.504 e. The summed E-state index contributed by atoms with van der Waals surface area (Å²) < 4.78 is 15.2. The number of hydrogen-bond donors (Lipinski definition) is 3. The molecule has 0 aliphatic carbocycles. The smallest absolute Gasteiger partial charge is 0.338 e. The van der Waals surface area contributed by atoms with E-state index in [4.69, 9.17) is 14.2 Å². The van der Waals surface area contributed by atoms with Gasteiger partial charge in [0.05, 0.1) is 38.6 Å². The van der Waals surface area contributed by atoms with Crippen molar-refractivity contribution in [1.29, 1.82) is 0 Å². The van der Waals surface area contributed by atoms with Crippen molar-refractivity contribution in [3.8, 4) is 17.2 Å². The van der Waals surface area contributed by atoms with Gasteiger partial charge in [0, 0.05) is 0 Å². The molecule has 2 aromatic rings. The van der Waals surface area contributed by atoms with Crippen LogP contribution < -0.4 is 20.1 Å². The molecule has 0 radical (unpaired) electrons. The summed E-state index contributed by atoms with van der Waals surface area (Å²) in [5.74, 6) is 0.200. The Morgan fingerprint density at radius 1 is 1.04 bits per heavy atom. The fourth-order valence-corrected chi connectivity index (χ4v) is 3.02. The third kappa shape index (κ3) is 3.57. The fourth-order valence-electron chi connectivity index (χ4n) is 3.02. The molecule has 0 aromatic heterocycles. The van der Waals surface area contributed by atoms with Gasteiger partial charge in [-0.1, -0.05) is 6.07 Å². The number of methoxy groups -OCH3 is 3.